The number of carbonyl (C=O) groups is 1. The maximum Gasteiger partial charge on any atom is 0.343 e. The molecule has 2 atom stereocenters. The van der Waals surface area contributed by atoms with Crippen molar-refractivity contribution in [2.24, 2.45) is 11.8 Å². The summed E-state index contributed by atoms with van der Waals surface area (Å²) in [5.74, 6) is 2.52. The number of hydrogen-bond donors (Lipinski definition) is 0. The van der Waals surface area contributed by atoms with Crippen LogP contribution in [0.1, 0.15) is 67.8 Å². The van der Waals surface area contributed by atoms with Gasteiger partial charge in [-0.25, -0.2) is 4.79 Å². The lowest BCUT2D eigenvalue weighted by atomic mass is 9.76. The molecule has 0 N–H and O–H groups in total. The van der Waals surface area contributed by atoms with E-state index in [9.17, 15) is 4.79 Å². The van der Waals surface area contributed by atoms with Gasteiger partial charge in [0.05, 0.1) is 23.8 Å². The predicted octanol–water partition coefficient (Wildman–Crippen LogP) is 6.15. The number of esters is 1. The highest BCUT2D eigenvalue weighted by Crippen LogP contribution is 2.35. The Morgan fingerprint density at radius 1 is 1.00 bits per heavy atom. The van der Waals surface area contributed by atoms with Crippen LogP contribution >= 0.6 is 0 Å². The second-order valence-corrected chi connectivity index (χ2v) is 7.75. The van der Waals surface area contributed by atoms with Gasteiger partial charge >= 0.3 is 5.97 Å². The largest absolute Gasteiger partial charge is 0.494 e. The second kappa shape index (κ2) is 10.7. The molecule has 1 saturated carbocycles. The Bertz CT molecular complexity index is 821. The first-order valence-electron chi connectivity index (χ1n) is 10.6. The maximum absolute atomic E-state index is 12.2. The summed E-state index contributed by atoms with van der Waals surface area (Å²) in [6.07, 6.45) is 9.15. The summed E-state index contributed by atoms with van der Waals surface area (Å²) in [5, 5.41) is 8.81. The van der Waals surface area contributed by atoms with Gasteiger partial charge in [0.15, 0.2) is 0 Å². The number of benzene rings is 2. The summed E-state index contributed by atoms with van der Waals surface area (Å²) in [5.41, 5.74) is 0.995. The van der Waals surface area contributed by atoms with Crippen LogP contribution in [0.4, 0.5) is 0 Å². The van der Waals surface area contributed by atoms with E-state index in [4.69, 9.17) is 14.7 Å². The third-order valence-electron chi connectivity index (χ3n) is 5.86. The molecule has 1 aliphatic carbocycles. The number of hydrogen-bond acceptors (Lipinski definition) is 4. The van der Waals surface area contributed by atoms with E-state index in [1.165, 1.54) is 38.5 Å². The molecular formula is C25H29NO3. The molecule has 0 radical (unpaired) electrons. The van der Waals surface area contributed by atoms with Crippen molar-refractivity contribution in [2.75, 3.05) is 6.61 Å². The van der Waals surface area contributed by atoms with E-state index in [1.807, 2.05) is 18.2 Å². The summed E-state index contributed by atoms with van der Waals surface area (Å²) < 4.78 is 11.2. The van der Waals surface area contributed by atoms with E-state index in [0.29, 0.717) is 23.5 Å². The first kappa shape index (κ1) is 20.9. The number of nitrogens with zero attached hydrogens (tertiary/aromatic N) is 1. The van der Waals surface area contributed by atoms with E-state index in [0.717, 1.165) is 24.0 Å². The van der Waals surface area contributed by atoms with Crippen molar-refractivity contribution in [3.8, 4) is 17.6 Å². The predicted molar refractivity (Wildman–Crippen MR) is 113 cm³/mol. The molecule has 1 fully saturated rings. The van der Waals surface area contributed by atoms with Gasteiger partial charge in [-0.3, -0.25) is 0 Å². The zero-order valence-corrected chi connectivity index (χ0v) is 17.1. The molecule has 4 nitrogen and oxygen atoms in total. The Morgan fingerprint density at radius 2 is 1.66 bits per heavy atom. The van der Waals surface area contributed by atoms with Crippen molar-refractivity contribution < 1.29 is 14.3 Å². The summed E-state index contributed by atoms with van der Waals surface area (Å²) in [4.78, 5) is 12.2. The minimum absolute atomic E-state index is 0.419. The molecule has 2 aromatic rings. The van der Waals surface area contributed by atoms with Crippen molar-refractivity contribution in [3.63, 3.8) is 0 Å². The van der Waals surface area contributed by atoms with E-state index in [2.05, 4.69) is 6.92 Å². The van der Waals surface area contributed by atoms with E-state index >= 15 is 0 Å². The van der Waals surface area contributed by atoms with E-state index in [1.54, 1.807) is 36.4 Å². The van der Waals surface area contributed by atoms with Crippen LogP contribution in [0.2, 0.25) is 0 Å². The van der Waals surface area contributed by atoms with Crippen molar-refractivity contribution >= 4 is 5.97 Å². The third kappa shape index (κ3) is 6.09. The fraction of sp³-hybridized carbons (Fsp3) is 0.440. The smallest absolute Gasteiger partial charge is 0.343 e. The summed E-state index contributed by atoms with van der Waals surface area (Å²) in [6.45, 7) is 3.02. The molecule has 0 aliphatic heterocycles. The molecule has 0 amide bonds. The lowest BCUT2D eigenvalue weighted by molar-refractivity contribution is 0.0734. The van der Waals surface area contributed by atoms with Gasteiger partial charge in [-0.05, 0) is 73.2 Å². The van der Waals surface area contributed by atoms with Crippen LogP contribution in [0.15, 0.2) is 48.5 Å². The highest BCUT2D eigenvalue weighted by Gasteiger charge is 2.22. The Labute approximate surface area is 173 Å². The summed E-state index contributed by atoms with van der Waals surface area (Å²) >= 11 is 0. The molecule has 0 heterocycles. The van der Waals surface area contributed by atoms with E-state index in [-0.39, 0.29) is 0 Å². The zero-order chi connectivity index (χ0) is 20.5. The number of rotatable bonds is 8. The van der Waals surface area contributed by atoms with Crippen LogP contribution in [0, 0.1) is 23.2 Å². The van der Waals surface area contributed by atoms with Gasteiger partial charge in [0, 0.05) is 0 Å². The number of carbonyl (C=O) groups excluding carboxylic acids is 1. The lowest BCUT2D eigenvalue weighted by Crippen LogP contribution is -2.19. The maximum atomic E-state index is 12.2. The molecule has 2 unspecified atom stereocenters. The van der Waals surface area contributed by atoms with Crippen molar-refractivity contribution in [3.05, 3.63) is 59.7 Å². The molecule has 2 aromatic carbocycles. The van der Waals surface area contributed by atoms with Crippen LogP contribution in [-0.2, 0) is 0 Å². The lowest BCUT2D eigenvalue weighted by Gasteiger charge is -2.30. The first-order chi connectivity index (χ1) is 14.2. The fourth-order valence-electron chi connectivity index (χ4n) is 4.19. The van der Waals surface area contributed by atoms with Crippen LogP contribution in [-0.4, -0.2) is 12.6 Å². The Hall–Kier alpha value is -2.80. The van der Waals surface area contributed by atoms with Gasteiger partial charge in [0.2, 0.25) is 0 Å². The topological polar surface area (TPSA) is 59.3 Å². The standard InChI is InChI=1S/C25H29NO3/c1-2-20-6-3-4-7-21(20)8-5-17-28-23-15-11-22(12-16-23)25(27)29-24-13-9-19(18-26)10-14-24/h9-16,20-21H,2-8,17H2,1H3. The first-order valence-corrected chi connectivity index (χ1v) is 10.6. The minimum atomic E-state index is -0.427. The van der Waals surface area contributed by atoms with Gasteiger partial charge in [0.1, 0.15) is 11.5 Å². The highest BCUT2D eigenvalue weighted by atomic mass is 16.5. The second-order valence-electron chi connectivity index (χ2n) is 7.75. The minimum Gasteiger partial charge on any atom is -0.494 e. The number of ether oxygens (including phenoxy) is 2. The summed E-state index contributed by atoms with van der Waals surface area (Å²) in [6, 6.07) is 15.6. The Kier molecular flexibility index (Phi) is 7.69. The van der Waals surface area contributed by atoms with Gasteiger partial charge in [-0.15, -0.1) is 0 Å². The van der Waals surface area contributed by atoms with Crippen LogP contribution in [0.5, 0.6) is 11.5 Å². The average Bonchev–Trinajstić information content (AvgIpc) is 2.78. The molecular weight excluding hydrogens is 362 g/mol. The molecule has 4 heteroatoms. The molecule has 0 spiro atoms. The monoisotopic (exact) mass is 391 g/mol. The average molecular weight is 392 g/mol. The van der Waals surface area contributed by atoms with Crippen LogP contribution < -0.4 is 9.47 Å². The van der Waals surface area contributed by atoms with Gasteiger partial charge in [-0.2, -0.15) is 5.26 Å². The molecule has 0 aromatic heterocycles. The van der Waals surface area contributed by atoms with Crippen LogP contribution in [0.25, 0.3) is 0 Å². The molecule has 152 valence electrons. The van der Waals surface area contributed by atoms with Crippen molar-refractivity contribution in [1.29, 1.82) is 5.26 Å². The molecule has 29 heavy (non-hydrogen) atoms. The normalized spacial score (nSPS) is 18.6. The van der Waals surface area contributed by atoms with Crippen molar-refractivity contribution in [1.82, 2.24) is 0 Å². The SMILES string of the molecule is CCC1CCCCC1CCCOc1ccc(C(=O)Oc2ccc(C#N)cc2)cc1. The Balaban J connectivity index is 1.43. The van der Waals surface area contributed by atoms with Crippen LogP contribution in [0.3, 0.4) is 0 Å². The fourth-order valence-corrected chi connectivity index (χ4v) is 4.19. The van der Waals surface area contributed by atoms with Gasteiger partial charge in [0.25, 0.3) is 0 Å². The Morgan fingerprint density at radius 3 is 2.31 bits per heavy atom. The summed E-state index contributed by atoms with van der Waals surface area (Å²) in [7, 11) is 0. The number of nitriles is 1. The molecule has 3 rings (SSSR count). The molecule has 0 bridgehead atoms. The van der Waals surface area contributed by atoms with Gasteiger partial charge < -0.3 is 9.47 Å². The van der Waals surface area contributed by atoms with Crippen molar-refractivity contribution in [2.45, 2.75) is 51.9 Å². The quantitative estimate of drug-likeness (QED) is 0.307. The molecule has 1 aliphatic rings. The van der Waals surface area contributed by atoms with E-state index < -0.39 is 5.97 Å². The highest BCUT2D eigenvalue weighted by molar-refractivity contribution is 5.91. The van der Waals surface area contributed by atoms with Gasteiger partial charge in [-0.1, -0.05) is 39.0 Å². The zero-order valence-electron chi connectivity index (χ0n) is 17.1. The molecule has 0 saturated heterocycles. The third-order valence-corrected chi connectivity index (χ3v) is 5.86.